The molecular formula is C15H19NO2S. The summed E-state index contributed by atoms with van der Waals surface area (Å²) in [5.74, 6) is 0.137. The third-order valence-electron chi connectivity index (χ3n) is 3.37. The van der Waals surface area contributed by atoms with E-state index in [2.05, 4.69) is 19.6 Å². The Labute approximate surface area is 115 Å². The van der Waals surface area contributed by atoms with Crippen molar-refractivity contribution in [2.45, 2.75) is 18.2 Å². The van der Waals surface area contributed by atoms with Crippen LogP contribution < -0.4 is 0 Å². The monoisotopic (exact) mass is 277 g/mol. The van der Waals surface area contributed by atoms with Crippen molar-refractivity contribution in [3.8, 4) is 0 Å². The minimum Gasteiger partial charge on any atom is -0.207 e. The molecule has 1 heterocycles. The van der Waals surface area contributed by atoms with Gasteiger partial charge in [-0.05, 0) is 18.6 Å². The Hall–Kier alpha value is -1.39. The molecule has 0 bridgehead atoms. The molecule has 1 fully saturated rings. The van der Waals surface area contributed by atoms with Crippen molar-refractivity contribution in [3.63, 3.8) is 0 Å². The van der Waals surface area contributed by atoms with Crippen molar-refractivity contribution in [1.29, 1.82) is 0 Å². The van der Waals surface area contributed by atoms with Gasteiger partial charge in [0.1, 0.15) is 0 Å². The van der Waals surface area contributed by atoms with E-state index in [1.807, 2.05) is 12.1 Å². The van der Waals surface area contributed by atoms with Crippen LogP contribution in [0.4, 0.5) is 0 Å². The van der Waals surface area contributed by atoms with Gasteiger partial charge in [0.25, 0.3) is 0 Å². The highest BCUT2D eigenvalue weighted by molar-refractivity contribution is 7.89. The fourth-order valence-corrected chi connectivity index (χ4v) is 3.83. The molecule has 0 aromatic heterocycles. The molecule has 1 saturated heterocycles. The molecule has 1 aromatic carbocycles. The van der Waals surface area contributed by atoms with E-state index >= 15 is 0 Å². The number of hydrogen-bond acceptors (Lipinski definition) is 2. The van der Waals surface area contributed by atoms with Crippen molar-refractivity contribution in [2.24, 2.45) is 5.92 Å². The number of rotatable bonds is 4. The maximum atomic E-state index is 12.5. The minimum absolute atomic E-state index is 0.137. The Morgan fingerprint density at radius 3 is 2.63 bits per heavy atom. The molecule has 0 saturated carbocycles. The maximum absolute atomic E-state index is 12.5. The lowest BCUT2D eigenvalue weighted by molar-refractivity contribution is 0.471. The second kappa shape index (κ2) is 5.72. The van der Waals surface area contributed by atoms with Crippen LogP contribution in [0.15, 0.2) is 59.5 Å². The highest BCUT2D eigenvalue weighted by atomic mass is 32.2. The zero-order chi connectivity index (χ0) is 13.9. The summed E-state index contributed by atoms with van der Waals surface area (Å²) in [7, 11) is -3.39. The summed E-state index contributed by atoms with van der Waals surface area (Å²) >= 11 is 0. The number of allylic oxidation sites excluding steroid dienone is 1. The standard InChI is InChI=1S/C15H19NO2S/c1-3-8-14-12-16(11-13(14)4-2)19(17,18)15-9-6-5-7-10-15/h4-10,13H,2-3,11-12H2,1H3/b14-8-. The number of nitrogens with zero attached hydrogens (tertiary/aromatic N) is 1. The van der Waals surface area contributed by atoms with Gasteiger partial charge in [-0.3, -0.25) is 0 Å². The molecule has 0 spiro atoms. The van der Waals surface area contributed by atoms with Gasteiger partial charge in [-0.15, -0.1) is 6.58 Å². The molecule has 3 nitrogen and oxygen atoms in total. The fraction of sp³-hybridized carbons (Fsp3) is 0.333. The summed E-state index contributed by atoms with van der Waals surface area (Å²) in [6, 6.07) is 8.59. The first kappa shape index (κ1) is 14.0. The molecule has 4 heteroatoms. The van der Waals surface area contributed by atoms with Crippen LogP contribution in [0.25, 0.3) is 0 Å². The van der Waals surface area contributed by atoms with Gasteiger partial charge in [-0.1, -0.05) is 42.8 Å². The zero-order valence-corrected chi connectivity index (χ0v) is 11.9. The normalized spacial score (nSPS) is 22.8. The van der Waals surface area contributed by atoms with E-state index in [4.69, 9.17) is 0 Å². The number of hydrogen-bond donors (Lipinski definition) is 0. The summed E-state index contributed by atoms with van der Waals surface area (Å²) in [5.41, 5.74) is 1.15. The van der Waals surface area contributed by atoms with E-state index in [0.29, 0.717) is 18.0 Å². The number of sulfonamides is 1. The molecule has 1 unspecified atom stereocenters. The van der Waals surface area contributed by atoms with Crippen LogP contribution in [0.5, 0.6) is 0 Å². The van der Waals surface area contributed by atoms with Gasteiger partial charge in [-0.2, -0.15) is 4.31 Å². The van der Waals surface area contributed by atoms with Crippen molar-refractivity contribution in [2.75, 3.05) is 13.1 Å². The second-order valence-electron chi connectivity index (χ2n) is 4.64. The van der Waals surface area contributed by atoms with E-state index in [0.717, 1.165) is 12.0 Å². The summed E-state index contributed by atoms with van der Waals surface area (Å²) in [4.78, 5) is 0.357. The smallest absolute Gasteiger partial charge is 0.207 e. The topological polar surface area (TPSA) is 37.4 Å². The molecule has 0 radical (unpaired) electrons. The highest BCUT2D eigenvalue weighted by Gasteiger charge is 2.33. The maximum Gasteiger partial charge on any atom is 0.243 e. The first-order valence-electron chi connectivity index (χ1n) is 6.46. The highest BCUT2D eigenvalue weighted by Crippen LogP contribution is 2.29. The number of benzene rings is 1. The predicted octanol–water partition coefficient (Wildman–Crippen LogP) is 2.83. The molecule has 1 aromatic rings. The van der Waals surface area contributed by atoms with Crippen LogP contribution in [0.1, 0.15) is 13.3 Å². The predicted molar refractivity (Wildman–Crippen MR) is 77.3 cm³/mol. The van der Waals surface area contributed by atoms with Gasteiger partial charge in [-0.25, -0.2) is 8.42 Å². The third-order valence-corrected chi connectivity index (χ3v) is 5.19. The van der Waals surface area contributed by atoms with Gasteiger partial charge < -0.3 is 0 Å². The van der Waals surface area contributed by atoms with Crippen LogP contribution in [0, 0.1) is 5.92 Å². The van der Waals surface area contributed by atoms with E-state index in [-0.39, 0.29) is 5.92 Å². The molecule has 2 rings (SSSR count). The Morgan fingerprint density at radius 1 is 1.37 bits per heavy atom. The van der Waals surface area contributed by atoms with E-state index in [1.54, 1.807) is 24.3 Å². The van der Waals surface area contributed by atoms with Gasteiger partial charge in [0.15, 0.2) is 0 Å². The molecule has 1 atom stereocenters. The van der Waals surface area contributed by atoms with Crippen molar-refractivity contribution in [3.05, 3.63) is 54.6 Å². The van der Waals surface area contributed by atoms with Crippen LogP contribution in [0.2, 0.25) is 0 Å². The Balaban J connectivity index is 2.29. The summed E-state index contributed by atoms with van der Waals surface area (Å²) in [5, 5.41) is 0. The Morgan fingerprint density at radius 2 is 2.05 bits per heavy atom. The van der Waals surface area contributed by atoms with Crippen LogP contribution in [0.3, 0.4) is 0 Å². The van der Waals surface area contributed by atoms with E-state index < -0.39 is 10.0 Å². The van der Waals surface area contributed by atoms with Crippen LogP contribution in [-0.4, -0.2) is 25.8 Å². The molecule has 1 aliphatic heterocycles. The van der Waals surface area contributed by atoms with Crippen molar-refractivity contribution in [1.82, 2.24) is 4.31 Å². The van der Waals surface area contributed by atoms with Crippen molar-refractivity contribution < 1.29 is 8.42 Å². The lowest BCUT2D eigenvalue weighted by atomic mass is 10.0. The minimum atomic E-state index is -3.39. The Kier molecular flexibility index (Phi) is 4.22. The van der Waals surface area contributed by atoms with E-state index in [1.165, 1.54) is 4.31 Å². The van der Waals surface area contributed by atoms with Gasteiger partial charge in [0.05, 0.1) is 4.90 Å². The molecule has 0 amide bonds. The zero-order valence-electron chi connectivity index (χ0n) is 11.1. The lowest BCUT2D eigenvalue weighted by Gasteiger charge is -2.15. The largest absolute Gasteiger partial charge is 0.243 e. The van der Waals surface area contributed by atoms with Crippen molar-refractivity contribution >= 4 is 10.0 Å². The molecule has 1 aliphatic rings. The average Bonchev–Trinajstić information content (AvgIpc) is 2.84. The Bertz CT molecular complexity index is 575. The van der Waals surface area contributed by atoms with Crippen LogP contribution >= 0.6 is 0 Å². The summed E-state index contributed by atoms with van der Waals surface area (Å²) < 4.78 is 26.6. The third kappa shape index (κ3) is 2.80. The van der Waals surface area contributed by atoms with Gasteiger partial charge in [0, 0.05) is 19.0 Å². The molecular weight excluding hydrogens is 258 g/mol. The average molecular weight is 277 g/mol. The van der Waals surface area contributed by atoms with Crippen LogP contribution in [-0.2, 0) is 10.0 Å². The summed E-state index contributed by atoms with van der Waals surface area (Å²) in [6.07, 6.45) is 4.85. The fourth-order valence-electron chi connectivity index (χ4n) is 2.35. The summed E-state index contributed by atoms with van der Waals surface area (Å²) in [6.45, 7) is 6.83. The lowest BCUT2D eigenvalue weighted by Crippen LogP contribution is -2.28. The molecule has 102 valence electrons. The SMILES string of the molecule is C=CC1CN(S(=O)(=O)c2ccccc2)C/C1=C/CC. The first-order chi connectivity index (χ1) is 9.09. The molecule has 0 N–H and O–H groups in total. The molecule has 19 heavy (non-hydrogen) atoms. The molecule has 0 aliphatic carbocycles. The quantitative estimate of drug-likeness (QED) is 0.794. The van der Waals surface area contributed by atoms with Gasteiger partial charge >= 0.3 is 0 Å². The second-order valence-corrected chi connectivity index (χ2v) is 6.58. The van der Waals surface area contributed by atoms with E-state index in [9.17, 15) is 8.42 Å². The first-order valence-corrected chi connectivity index (χ1v) is 7.90. The van der Waals surface area contributed by atoms with Gasteiger partial charge in [0.2, 0.25) is 10.0 Å².